The van der Waals surface area contributed by atoms with Gasteiger partial charge in [0.15, 0.2) is 0 Å². The molecule has 172 valence electrons. The Bertz CT molecular complexity index is 833. The molecule has 0 N–H and O–H groups in total. The third-order valence-corrected chi connectivity index (χ3v) is 12.5. The fraction of sp³-hybridized carbons (Fsp3) is 0.833. The molecular weight excluding hydrogens is 376 g/mol. The highest BCUT2D eigenvalue weighted by atomic mass is 16.1. The van der Waals surface area contributed by atoms with Crippen LogP contribution in [0, 0.1) is 50.7 Å². The molecule has 0 aromatic heterocycles. The average molecular weight is 423 g/mol. The number of hydrogen-bond donors (Lipinski definition) is 0. The number of carbonyl (C=O) groups excluding carboxylic acids is 1. The number of rotatable bonds is 4. The zero-order chi connectivity index (χ0) is 22.4. The minimum absolute atomic E-state index is 0.0866. The van der Waals surface area contributed by atoms with Crippen molar-refractivity contribution in [2.75, 3.05) is 0 Å². The monoisotopic (exact) mass is 422 g/mol. The molecular formula is C30H46O. The van der Waals surface area contributed by atoms with E-state index in [-0.39, 0.29) is 5.41 Å². The van der Waals surface area contributed by atoms with Crippen molar-refractivity contribution in [2.45, 2.75) is 106 Å². The van der Waals surface area contributed by atoms with Gasteiger partial charge < -0.3 is 0 Å². The summed E-state index contributed by atoms with van der Waals surface area (Å²) < 4.78 is 0. The SMILES string of the molecule is C=C(C)/C=C/C[C@H](C)[C@@H]1CC[C@@]2(C)[C@@H]3CC[C@H]4C(C)(C)C(=O)CC[C@@]45C[C@@]35CC[C@]12C. The van der Waals surface area contributed by atoms with Crippen LogP contribution < -0.4 is 0 Å². The van der Waals surface area contributed by atoms with Crippen molar-refractivity contribution < 1.29 is 4.79 Å². The van der Waals surface area contributed by atoms with Crippen molar-refractivity contribution in [1.82, 2.24) is 0 Å². The van der Waals surface area contributed by atoms with Gasteiger partial charge in [-0.1, -0.05) is 58.9 Å². The Balaban J connectivity index is 1.43. The highest BCUT2D eigenvalue weighted by Gasteiger charge is 2.82. The first-order chi connectivity index (χ1) is 14.4. The normalized spacial score (nSPS) is 50.9. The van der Waals surface area contributed by atoms with Gasteiger partial charge in [0.2, 0.25) is 0 Å². The van der Waals surface area contributed by atoms with Gasteiger partial charge in [-0.05, 0) is 110 Å². The third-order valence-electron chi connectivity index (χ3n) is 12.5. The topological polar surface area (TPSA) is 17.1 Å². The van der Waals surface area contributed by atoms with Gasteiger partial charge in [0.1, 0.15) is 5.78 Å². The molecule has 8 atom stereocenters. The number of allylic oxidation sites excluding steroid dienone is 3. The molecule has 5 saturated carbocycles. The van der Waals surface area contributed by atoms with Crippen molar-refractivity contribution in [1.29, 1.82) is 0 Å². The van der Waals surface area contributed by atoms with Crippen LogP contribution in [-0.2, 0) is 4.79 Å². The van der Waals surface area contributed by atoms with Gasteiger partial charge in [-0.15, -0.1) is 0 Å². The van der Waals surface area contributed by atoms with Gasteiger partial charge in [-0.3, -0.25) is 4.79 Å². The quantitative estimate of drug-likeness (QED) is 0.418. The first kappa shape index (κ1) is 22.0. The van der Waals surface area contributed by atoms with Crippen LogP contribution in [0.2, 0.25) is 0 Å². The lowest BCUT2D eigenvalue weighted by Gasteiger charge is -2.62. The second-order valence-electron chi connectivity index (χ2n) is 13.8. The first-order valence-electron chi connectivity index (χ1n) is 13.3. The predicted octanol–water partition coefficient (Wildman–Crippen LogP) is 8.15. The van der Waals surface area contributed by atoms with E-state index in [2.05, 4.69) is 60.3 Å². The number of carbonyl (C=O) groups is 1. The number of Topliss-reactive ketones (excluding diaryl/α,β-unsaturated/α-hetero) is 1. The lowest BCUT2D eigenvalue weighted by molar-refractivity contribution is -0.156. The Hall–Kier alpha value is -0.850. The molecule has 31 heavy (non-hydrogen) atoms. The van der Waals surface area contributed by atoms with E-state index >= 15 is 0 Å². The van der Waals surface area contributed by atoms with Crippen LogP contribution in [0.15, 0.2) is 24.3 Å². The maximum atomic E-state index is 12.8. The summed E-state index contributed by atoms with van der Waals surface area (Å²) in [5, 5.41) is 0. The van der Waals surface area contributed by atoms with Crippen molar-refractivity contribution in [3.8, 4) is 0 Å². The molecule has 5 aliphatic carbocycles. The Morgan fingerprint density at radius 2 is 1.68 bits per heavy atom. The third kappa shape index (κ3) is 2.59. The number of hydrogen-bond acceptors (Lipinski definition) is 1. The van der Waals surface area contributed by atoms with E-state index in [0.29, 0.717) is 33.4 Å². The van der Waals surface area contributed by atoms with E-state index in [0.717, 1.165) is 24.2 Å². The van der Waals surface area contributed by atoms with Gasteiger partial charge in [0.05, 0.1) is 0 Å². The fourth-order valence-corrected chi connectivity index (χ4v) is 10.8. The standard InChI is InChI=1S/C30H46O/c1-20(2)9-8-10-21(3)22-13-15-28(7)24-12-11-23-26(4,5)25(31)14-16-29(23)19-30(24,29)18-17-27(22,28)6/h8-9,21-24H,1,10-19H2,2-7H3/b9-8+/t21-,22-,23-,24-,27+,28-,29+,30-/m0/s1. The number of ketones is 1. The summed E-state index contributed by atoms with van der Waals surface area (Å²) in [6.07, 6.45) is 17.7. The molecule has 0 radical (unpaired) electrons. The molecule has 1 heteroatoms. The Labute approximate surface area is 191 Å². The van der Waals surface area contributed by atoms with E-state index < -0.39 is 0 Å². The summed E-state index contributed by atoms with van der Waals surface area (Å²) in [5.41, 5.74) is 3.12. The van der Waals surface area contributed by atoms with Crippen LogP contribution >= 0.6 is 0 Å². The largest absolute Gasteiger partial charge is 0.299 e. The summed E-state index contributed by atoms with van der Waals surface area (Å²) in [6, 6.07) is 0. The van der Waals surface area contributed by atoms with E-state index in [1.807, 2.05) is 0 Å². The van der Waals surface area contributed by atoms with E-state index in [1.165, 1.54) is 63.4 Å². The zero-order valence-electron chi connectivity index (χ0n) is 21.2. The van der Waals surface area contributed by atoms with Gasteiger partial charge in [0.25, 0.3) is 0 Å². The van der Waals surface area contributed by atoms with Crippen LogP contribution in [0.4, 0.5) is 0 Å². The molecule has 0 aliphatic heterocycles. The molecule has 0 saturated heterocycles. The molecule has 1 nitrogen and oxygen atoms in total. The molecule has 0 aromatic rings. The molecule has 0 unspecified atom stereocenters. The second-order valence-corrected chi connectivity index (χ2v) is 13.8. The Morgan fingerprint density at radius 3 is 2.39 bits per heavy atom. The van der Waals surface area contributed by atoms with Crippen LogP contribution in [0.5, 0.6) is 0 Å². The Kier molecular flexibility index (Phi) is 4.68. The lowest BCUT2D eigenvalue weighted by atomic mass is 9.42. The highest BCUT2D eigenvalue weighted by Crippen LogP contribution is 2.88. The predicted molar refractivity (Wildman–Crippen MR) is 130 cm³/mol. The average Bonchev–Trinajstić information content (AvgIpc) is 3.27. The van der Waals surface area contributed by atoms with E-state index in [1.54, 1.807) is 0 Å². The summed E-state index contributed by atoms with van der Waals surface area (Å²) in [4.78, 5) is 12.8. The van der Waals surface area contributed by atoms with Crippen LogP contribution in [0.1, 0.15) is 106 Å². The van der Waals surface area contributed by atoms with Gasteiger partial charge in [-0.25, -0.2) is 0 Å². The van der Waals surface area contributed by atoms with Gasteiger partial charge in [0, 0.05) is 11.8 Å². The minimum Gasteiger partial charge on any atom is -0.299 e. The van der Waals surface area contributed by atoms with Crippen LogP contribution in [0.3, 0.4) is 0 Å². The maximum absolute atomic E-state index is 12.8. The van der Waals surface area contributed by atoms with Crippen molar-refractivity contribution in [3.05, 3.63) is 24.3 Å². The smallest absolute Gasteiger partial charge is 0.138 e. The van der Waals surface area contributed by atoms with E-state index in [4.69, 9.17) is 0 Å². The van der Waals surface area contributed by atoms with Crippen LogP contribution in [0.25, 0.3) is 0 Å². The lowest BCUT2D eigenvalue weighted by Crippen LogP contribution is -2.57. The second kappa shape index (κ2) is 6.60. The summed E-state index contributed by atoms with van der Waals surface area (Å²) in [6.45, 7) is 18.6. The van der Waals surface area contributed by atoms with Crippen molar-refractivity contribution in [3.63, 3.8) is 0 Å². The summed E-state index contributed by atoms with van der Waals surface area (Å²) >= 11 is 0. The molecule has 5 rings (SSSR count). The van der Waals surface area contributed by atoms with Crippen LogP contribution in [-0.4, -0.2) is 5.78 Å². The molecule has 2 spiro atoms. The molecule has 0 bridgehead atoms. The zero-order valence-corrected chi connectivity index (χ0v) is 21.2. The summed E-state index contributed by atoms with van der Waals surface area (Å²) in [5.74, 6) is 3.69. The van der Waals surface area contributed by atoms with Crippen molar-refractivity contribution >= 4 is 5.78 Å². The molecule has 0 amide bonds. The number of fused-ring (bicyclic) bond motifs is 2. The summed E-state index contributed by atoms with van der Waals surface area (Å²) in [7, 11) is 0. The van der Waals surface area contributed by atoms with Gasteiger partial charge in [-0.2, -0.15) is 0 Å². The molecule has 5 fully saturated rings. The fourth-order valence-electron chi connectivity index (χ4n) is 10.8. The molecule has 0 aromatic carbocycles. The first-order valence-corrected chi connectivity index (χ1v) is 13.3. The Morgan fingerprint density at radius 1 is 1.00 bits per heavy atom. The maximum Gasteiger partial charge on any atom is 0.138 e. The molecule has 5 aliphatic rings. The van der Waals surface area contributed by atoms with E-state index in [9.17, 15) is 4.79 Å². The highest BCUT2D eigenvalue weighted by molar-refractivity contribution is 5.86. The van der Waals surface area contributed by atoms with Crippen molar-refractivity contribution in [2.24, 2.45) is 50.7 Å². The van der Waals surface area contributed by atoms with Gasteiger partial charge >= 0.3 is 0 Å². The minimum atomic E-state index is -0.0866. The molecule has 0 heterocycles.